The number of H-pyrrole nitrogens is 1. The molecule has 0 fully saturated rings. The molecule has 0 bridgehead atoms. The van der Waals surface area contributed by atoms with Crippen LogP contribution in [0.4, 0.5) is 5.69 Å². The number of carbonyl (C=O) groups excluding carboxylic acids is 1. The van der Waals surface area contributed by atoms with Crippen molar-refractivity contribution in [1.29, 1.82) is 0 Å². The maximum atomic E-state index is 12.3. The molecule has 3 rings (SSSR count). The Morgan fingerprint density at radius 2 is 2.40 bits per heavy atom. The minimum absolute atomic E-state index is 0.147. The van der Waals surface area contributed by atoms with E-state index in [2.05, 4.69) is 20.8 Å². The van der Waals surface area contributed by atoms with Crippen LogP contribution in [0.3, 0.4) is 0 Å². The lowest BCUT2D eigenvalue weighted by Crippen LogP contribution is -2.26. The van der Waals surface area contributed by atoms with Gasteiger partial charge in [0.1, 0.15) is 6.61 Å². The fourth-order valence-corrected chi connectivity index (χ4v) is 2.17. The highest BCUT2D eigenvalue weighted by Gasteiger charge is 2.18. The van der Waals surface area contributed by atoms with E-state index in [9.17, 15) is 4.79 Å². The predicted octanol–water partition coefficient (Wildman–Crippen LogP) is 1.45. The number of aryl methyl sites for hydroxylation is 1. The second kappa shape index (κ2) is 5.24. The molecule has 0 saturated heterocycles. The van der Waals surface area contributed by atoms with E-state index in [0.717, 1.165) is 23.5 Å². The van der Waals surface area contributed by atoms with E-state index in [4.69, 9.17) is 4.74 Å². The second-order valence-electron chi connectivity index (χ2n) is 4.66. The molecule has 6 heteroatoms. The van der Waals surface area contributed by atoms with Crippen LogP contribution in [0.15, 0.2) is 24.4 Å². The van der Waals surface area contributed by atoms with E-state index in [1.165, 1.54) is 0 Å². The minimum Gasteiger partial charge on any atom is -0.489 e. The monoisotopic (exact) mass is 272 g/mol. The Labute approximate surface area is 116 Å². The predicted molar refractivity (Wildman–Crippen MR) is 74.9 cm³/mol. The number of anilines is 1. The van der Waals surface area contributed by atoms with Crippen LogP contribution in [0.5, 0.6) is 5.75 Å². The second-order valence-corrected chi connectivity index (χ2v) is 4.66. The molecule has 1 amide bonds. The first-order chi connectivity index (χ1) is 9.75. The molecule has 2 heterocycles. The number of hydrogen-bond donors (Lipinski definition) is 3. The van der Waals surface area contributed by atoms with Gasteiger partial charge < -0.3 is 15.4 Å². The molecule has 0 unspecified atom stereocenters. The average molecular weight is 272 g/mol. The Kier molecular flexibility index (Phi) is 3.28. The number of rotatable bonds is 3. The summed E-state index contributed by atoms with van der Waals surface area (Å²) < 4.78 is 5.59. The third kappa shape index (κ3) is 2.32. The zero-order valence-corrected chi connectivity index (χ0v) is 11.2. The summed E-state index contributed by atoms with van der Waals surface area (Å²) in [6.07, 6.45) is 1.72. The van der Waals surface area contributed by atoms with Gasteiger partial charge in [0.05, 0.1) is 17.4 Å². The number of fused-ring (bicyclic) bond motifs is 1. The van der Waals surface area contributed by atoms with Gasteiger partial charge in [-0.3, -0.25) is 9.89 Å². The Bertz CT molecular complexity index is 636. The number of ether oxygens (including phenoxy) is 1. The van der Waals surface area contributed by atoms with Gasteiger partial charge in [0.2, 0.25) is 0 Å². The lowest BCUT2D eigenvalue weighted by atomic mass is 10.1. The van der Waals surface area contributed by atoms with Crippen LogP contribution in [0.2, 0.25) is 0 Å². The number of carbonyl (C=O) groups is 1. The van der Waals surface area contributed by atoms with Crippen LogP contribution in [0, 0.1) is 6.92 Å². The van der Waals surface area contributed by atoms with E-state index in [1.54, 1.807) is 12.3 Å². The van der Waals surface area contributed by atoms with Crippen molar-refractivity contribution in [2.45, 2.75) is 13.5 Å². The first-order valence-corrected chi connectivity index (χ1v) is 6.52. The van der Waals surface area contributed by atoms with Crippen molar-refractivity contribution in [1.82, 2.24) is 15.5 Å². The summed E-state index contributed by atoms with van der Waals surface area (Å²) in [4.78, 5) is 12.3. The summed E-state index contributed by atoms with van der Waals surface area (Å²) >= 11 is 0. The topological polar surface area (TPSA) is 79.0 Å². The van der Waals surface area contributed by atoms with Crippen molar-refractivity contribution in [3.8, 4) is 5.75 Å². The molecular formula is C14H16N4O2. The van der Waals surface area contributed by atoms with Crippen LogP contribution in [-0.4, -0.2) is 29.3 Å². The fraction of sp³-hybridized carbons (Fsp3) is 0.286. The number of amides is 1. The summed E-state index contributed by atoms with van der Waals surface area (Å²) in [7, 11) is 0. The first-order valence-electron chi connectivity index (χ1n) is 6.52. The lowest BCUT2D eigenvalue weighted by molar-refractivity contribution is 0.0947. The number of benzene rings is 1. The fourth-order valence-electron chi connectivity index (χ4n) is 2.17. The zero-order chi connectivity index (χ0) is 13.9. The number of nitrogens with zero attached hydrogens (tertiary/aromatic N) is 1. The molecule has 2 aromatic rings. The van der Waals surface area contributed by atoms with Gasteiger partial charge in [-0.15, -0.1) is 0 Å². The van der Waals surface area contributed by atoms with Gasteiger partial charge in [-0.1, -0.05) is 6.07 Å². The van der Waals surface area contributed by atoms with Gasteiger partial charge in [0.15, 0.2) is 5.75 Å². The molecule has 0 saturated carbocycles. The molecule has 0 radical (unpaired) electrons. The van der Waals surface area contributed by atoms with Crippen LogP contribution in [0.1, 0.15) is 21.6 Å². The Balaban J connectivity index is 1.76. The van der Waals surface area contributed by atoms with E-state index in [1.807, 2.05) is 19.1 Å². The van der Waals surface area contributed by atoms with Crippen LogP contribution in [0.25, 0.3) is 0 Å². The molecule has 1 aromatic heterocycles. The highest BCUT2D eigenvalue weighted by Crippen LogP contribution is 2.31. The Morgan fingerprint density at radius 1 is 1.50 bits per heavy atom. The summed E-state index contributed by atoms with van der Waals surface area (Å²) in [6, 6.07) is 5.52. The van der Waals surface area contributed by atoms with Crippen molar-refractivity contribution in [2.24, 2.45) is 0 Å². The Hall–Kier alpha value is -2.50. The molecule has 3 N–H and O–H groups in total. The largest absolute Gasteiger partial charge is 0.489 e. The minimum atomic E-state index is -0.147. The molecule has 0 spiro atoms. The zero-order valence-electron chi connectivity index (χ0n) is 11.2. The molecule has 20 heavy (non-hydrogen) atoms. The van der Waals surface area contributed by atoms with E-state index in [-0.39, 0.29) is 5.91 Å². The van der Waals surface area contributed by atoms with E-state index in [0.29, 0.717) is 24.5 Å². The van der Waals surface area contributed by atoms with Gasteiger partial charge in [0, 0.05) is 24.3 Å². The summed E-state index contributed by atoms with van der Waals surface area (Å²) in [5, 5.41) is 12.9. The SMILES string of the molecule is Cc1[nH]ncc1CNC(=O)c1cccc2c1OCCN2. The average Bonchev–Trinajstić information content (AvgIpc) is 2.89. The van der Waals surface area contributed by atoms with Crippen molar-refractivity contribution in [2.75, 3.05) is 18.5 Å². The molecule has 104 valence electrons. The summed E-state index contributed by atoms with van der Waals surface area (Å²) in [6.45, 7) is 3.69. The maximum Gasteiger partial charge on any atom is 0.255 e. The van der Waals surface area contributed by atoms with Crippen molar-refractivity contribution < 1.29 is 9.53 Å². The summed E-state index contributed by atoms with van der Waals surface area (Å²) in [5.74, 6) is 0.478. The molecular weight excluding hydrogens is 256 g/mol. The third-order valence-electron chi connectivity index (χ3n) is 3.30. The number of nitrogens with one attached hydrogen (secondary N) is 3. The molecule has 0 atom stereocenters. The first kappa shape index (κ1) is 12.5. The van der Waals surface area contributed by atoms with Crippen LogP contribution < -0.4 is 15.4 Å². The van der Waals surface area contributed by atoms with Gasteiger partial charge >= 0.3 is 0 Å². The number of para-hydroxylation sites is 1. The molecule has 6 nitrogen and oxygen atoms in total. The van der Waals surface area contributed by atoms with Crippen molar-refractivity contribution in [3.63, 3.8) is 0 Å². The molecule has 0 aliphatic carbocycles. The van der Waals surface area contributed by atoms with Gasteiger partial charge in [0.25, 0.3) is 5.91 Å². The van der Waals surface area contributed by atoms with Gasteiger partial charge in [-0.25, -0.2) is 0 Å². The molecule has 1 aliphatic rings. The van der Waals surface area contributed by atoms with E-state index < -0.39 is 0 Å². The standard InChI is InChI=1S/C14H16N4O2/c1-9-10(8-17-18-9)7-16-14(19)11-3-2-4-12-13(11)20-6-5-15-12/h2-4,8,15H,5-7H2,1H3,(H,16,19)(H,17,18). The lowest BCUT2D eigenvalue weighted by Gasteiger charge is -2.21. The smallest absolute Gasteiger partial charge is 0.255 e. The molecule has 1 aromatic carbocycles. The van der Waals surface area contributed by atoms with Gasteiger partial charge in [-0.05, 0) is 19.1 Å². The number of aromatic nitrogens is 2. The van der Waals surface area contributed by atoms with E-state index >= 15 is 0 Å². The van der Waals surface area contributed by atoms with Crippen molar-refractivity contribution in [3.05, 3.63) is 41.2 Å². The number of aromatic amines is 1. The highest BCUT2D eigenvalue weighted by molar-refractivity contribution is 5.98. The third-order valence-corrected chi connectivity index (χ3v) is 3.30. The van der Waals surface area contributed by atoms with Crippen LogP contribution in [-0.2, 0) is 6.54 Å². The number of hydrogen-bond acceptors (Lipinski definition) is 4. The Morgan fingerprint density at radius 3 is 3.20 bits per heavy atom. The summed E-state index contributed by atoms with van der Waals surface area (Å²) in [5.41, 5.74) is 3.35. The van der Waals surface area contributed by atoms with Gasteiger partial charge in [-0.2, -0.15) is 5.10 Å². The normalized spacial score (nSPS) is 13.1. The maximum absolute atomic E-state index is 12.3. The van der Waals surface area contributed by atoms with Crippen molar-refractivity contribution >= 4 is 11.6 Å². The molecule has 1 aliphatic heterocycles. The highest BCUT2D eigenvalue weighted by atomic mass is 16.5. The van der Waals surface area contributed by atoms with Crippen LogP contribution >= 0.6 is 0 Å². The quantitative estimate of drug-likeness (QED) is 0.790.